The Hall–Kier alpha value is -2.67. The fraction of sp³-hybridized carbons (Fsp3) is 0.222. The van der Waals surface area contributed by atoms with E-state index in [1.54, 1.807) is 0 Å². The minimum Gasteiger partial charge on any atom is -0.322 e. The SMILES string of the molecule is Cc1cc(C)cc(NC(=O)c2ccc(N3C(=O)CCS3(=O)=O)cc2)c1. The molecular weight excluding hydrogens is 340 g/mol. The number of benzene rings is 2. The molecule has 0 spiro atoms. The third-order valence-electron chi connectivity index (χ3n) is 3.92. The van der Waals surface area contributed by atoms with Crippen LogP contribution < -0.4 is 9.62 Å². The quantitative estimate of drug-likeness (QED) is 0.914. The molecule has 7 heteroatoms. The van der Waals surface area contributed by atoms with Crippen molar-refractivity contribution in [2.75, 3.05) is 15.4 Å². The normalized spacial score (nSPS) is 16.1. The minimum atomic E-state index is -3.60. The predicted octanol–water partition coefficient (Wildman–Crippen LogP) is 2.62. The topological polar surface area (TPSA) is 83.6 Å². The van der Waals surface area contributed by atoms with E-state index in [2.05, 4.69) is 5.32 Å². The number of anilines is 2. The Balaban J connectivity index is 1.80. The molecule has 0 unspecified atom stereocenters. The number of sulfonamides is 1. The van der Waals surface area contributed by atoms with Crippen LogP contribution in [0.15, 0.2) is 42.5 Å². The van der Waals surface area contributed by atoms with Crippen LogP contribution in [0, 0.1) is 13.8 Å². The highest BCUT2D eigenvalue weighted by molar-refractivity contribution is 7.94. The van der Waals surface area contributed by atoms with Gasteiger partial charge in [-0.2, -0.15) is 0 Å². The summed E-state index contributed by atoms with van der Waals surface area (Å²) in [7, 11) is -3.60. The second kappa shape index (κ2) is 6.33. The van der Waals surface area contributed by atoms with Crippen molar-refractivity contribution in [3.8, 4) is 0 Å². The average Bonchev–Trinajstić information content (AvgIpc) is 2.79. The molecule has 2 aromatic carbocycles. The van der Waals surface area contributed by atoms with E-state index in [0.29, 0.717) is 11.3 Å². The maximum Gasteiger partial charge on any atom is 0.255 e. The summed E-state index contributed by atoms with van der Waals surface area (Å²) in [6.07, 6.45) is -0.0166. The van der Waals surface area contributed by atoms with Gasteiger partial charge in [-0.05, 0) is 61.4 Å². The molecule has 1 aliphatic rings. The Morgan fingerprint density at radius 2 is 1.64 bits per heavy atom. The zero-order valence-electron chi connectivity index (χ0n) is 13.9. The summed E-state index contributed by atoms with van der Waals surface area (Å²) in [5.41, 5.74) is 3.42. The molecule has 1 heterocycles. The highest BCUT2D eigenvalue weighted by Gasteiger charge is 2.36. The van der Waals surface area contributed by atoms with Crippen molar-refractivity contribution in [1.82, 2.24) is 0 Å². The first kappa shape index (κ1) is 17.2. The third kappa shape index (κ3) is 3.56. The lowest BCUT2D eigenvalue weighted by atomic mass is 10.1. The van der Waals surface area contributed by atoms with E-state index in [-0.39, 0.29) is 23.8 Å². The van der Waals surface area contributed by atoms with E-state index in [4.69, 9.17) is 0 Å². The second-order valence-electron chi connectivity index (χ2n) is 6.10. The average molecular weight is 358 g/mol. The molecule has 1 N–H and O–H groups in total. The van der Waals surface area contributed by atoms with Crippen molar-refractivity contribution < 1.29 is 18.0 Å². The lowest BCUT2D eigenvalue weighted by Gasteiger charge is -2.15. The van der Waals surface area contributed by atoms with Crippen LogP contribution in [0.25, 0.3) is 0 Å². The van der Waals surface area contributed by atoms with Gasteiger partial charge in [0.2, 0.25) is 15.9 Å². The summed E-state index contributed by atoms with van der Waals surface area (Å²) in [4.78, 5) is 24.1. The largest absolute Gasteiger partial charge is 0.322 e. The van der Waals surface area contributed by atoms with Crippen molar-refractivity contribution in [3.63, 3.8) is 0 Å². The lowest BCUT2D eigenvalue weighted by molar-refractivity contribution is -0.116. The molecule has 1 saturated heterocycles. The van der Waals surface area contributed by atoms with Crippen molar-refractivity contribution in [2.45, 2.75) is 20.3 Å². The van der Waals surface area contributed by atoms with Gasteiger partial charge >= 0.3 is 0 Å². The zero-order chi connectivity index (χ0) is 18.2. The molecule has 0 aliphatic carbocycles. The van der Waals surface area contributed by atoms with Crippen LogP contribution in [0.1, 0.15) is 27.9 Å². The summed E-state index contributed by atoms with van der Waals surface area (Å²) < 4.78 is 24.6. The van der Waals surface area contributed by atoms with Gasteiger partial charge in [-0.3, -0.25) is 9.59 Å². The first-order valence-corrected chi connectivity index (χ1v) is 9.43. The molecule has 1 fully saturated rings. The van der Waals surface area contributed by atoms with Crippen molar-refractivity contribution in [3.05, 3.63) is 59.2 Å². The van der Waals surface area contributed by atoms with Gasteiger partial charge in [-0.15, -0.1) is 0 Å². The van der Waals surface area contributed by atoms with E-state index in [0.717, 1.165) is 15.4 Å². The van der Waals surface area contributed by atoms with E-state index in [1.807, 2.05) is 32.0 Å². The summed E-state index contributed by atoms with van der Waals surface area (Å²) >= 11 is 0. The van der Waals surface area contributed by atoms with E-state index in [9.17, 15) is 18.0 Å². The van der Waals surface area contributed by atoms with Crippen LogP contribution in [-0.2, 0) is 14.8 Å². The molecule has 130 valence electrons. The fourth-order valence-electron chi connectivity index (χ4n) is 2.87. The lowest BCUT2D eigenvalue weighted by Crippen LogP contribution is -2.29. The van der Waals surface area contributed by atoms with Gasteiger partial charge in [0.25, 0.3) is 5.91 Å². The van der Waals surface area contributed by atoms with Crippen LogP contribution in [0.5, 0.6) is 0 Å². The number of carbonyl (C=O) groups excluding carboxylic acids is 2. The van der Waals surface area contributed by atoms with Gasteiger partial charge in [0.05, 0.1) is 11.4 Å². The van der Waals surface area contributed by atoms with Crippen LogP contribution in [0.4, 0.5) is 11.4 Å². The third-order valence-corrected chi connectivity index (χ3v) is 5.61. The van der Waals surface area contributed by atoms with Crippen molar-refractivity contribution in [1.29, 1.82) is 0 Å². The van der Waals surface area contributed by atoms with Gasteiger partial charge in [-0.25, -0.2) is 12.7 Å². The van der Waals surface area contributed by atoms with Crippen molar-refractivity contribution in [2.24, 2.45) is 0 Å². The number of nitrogens with zero attached hydrogens (tertiary/aromatic N) is 1. The fourth-order valence-corrected chi connectivity index (χ4v) is 4.33. The maximum absolute atomic E-state index is 12.4. The van der Waals surface area contributed by atoms with Crippen LogP contribution in [0.3, 0.4) is 0 Å². The molecule has 1 aliphatic heterocycles. The Morgan fingerprint density at radius 1 is 1.04 bits per heavy atom. The van der Waals surface area contributed by atoms with Gasteiger partial charge in [0.15, 0.2) is 0 Å². The molecule has 2 aromatic rings. The predicted molar refractivity (Wildman–Crippen MR) is 96.2 cm³/mol. The molecule has 6 nitrogen and oxygen atoms in total. The highest BCUT2D eigenvalue weighted by atomic mass is 32.2. The number of rotatable bonds is 3. The number of hydrogen-bond acceptors (Lipinski definition) is 4. The van der Waals surface area contributed by atoms with Crippen LogP contribution >= 0.6 is 0 Å². The smallest absolute Gasteiger partial charge is 0.255 e. The number of hydrogen-bond donors (Lipinski definition) is 1. The van der Waals surface area contributed by atoms with E-state index in [1.165, 1.54) is 24.3 Å². The molecule has 0 aromatic heterocycles. The second-order valence-corrected chi connectivity index (χ2v) is 8.04. The maximum atomic E-state index is 12.4. The standard InChI is InChI=1S/C18H18N2O4S/c1-12-9-13(2)11-15(10-12)19-18(22)14-3-5-16(6-4-14)20-17(21)7-8-25(20,23)24/h3-6,9-11H,7-8H2,1-2H3,(H,19,22). The van der Waals surface area contributed by atoms with Gasteiger partial charge in [0.1, 0.15) is 0 Å². The monoisotopic (exact) mass is 358 g/mol. The van der Waals surface area contributed by atoms with E-state index >= 15 is 0 Å². The molecule has 0 saturated carbocycles. The number of nitrogens with one attached hydrogen (secondary N) is 1. The molecule has 3 rings (SSSR count). The zero-order valence-corrected chi connectivity index (χ0v) is 14.8. The summed E-state index contributed by atoms with van der Waals surface area (Å²) in [6.45, 7) is 3.90. The Labute approximate surface area is 146 Å². The van der Waals surface area contributed by atoms with Gasteiger partial charge < -0.3 is 5.32 Å². The van der Waals surface area contributed by atoms with Gasteiger partial charge in [0, 0.05) is 17.7 Å². The first-order chi connectivity index (χ1) is 11.8. The number of carbonyl (C=O) groups is 2. The van der Waals surface area contributed by atoms with Crippen LogP contribution in [0.2, 0.25) is 0 Å². The summed E-state index contributed by atoms with van der Waals surface area (Å²) in [5.74, 6) is -0.930. The Morgan fingerprint density at radius 3 is 2.16 bits per heavy atom. The molecule has 0 atom stereocenters. The molecular formula is C18H18N2O4S. The van der Waals surface area contributed by atoms with E-state index < -0.39 is 15.9 Å². The Bertz CT molecular complexity index is 929. The van der Waals surface area contributed by atoms with Crippen molar-refractivity contribution >= 4 is 33.2 Å². The molecule has 0 bridgehead atoms. The van der Waals surface area contributed by atoms with Gasteiger partial charge in [-0.1, -0.05) is 6.07 Å². The number of aryl methyl sites for hydroxylation is 2. The molecule has 2 amide bonds. The first-order valence-electron chi connectivity index (χ1n) is 7.82. The number of amides is 2. The minimum absolute atomic E-state index is 0.0166. The Kier molecular flexibility index (Phi) is 4.34. The summed E-state index contributed by atoms with van der Waals surface area (Å²) in [6, 6.07) is 11.7. The highest BCUT2D eigenvalue weighted by Crippen LogP contribution is 2.25. The van der Waals surface area contributed by atoms with Crippen LogP contribution in [-0.4, -0.2) is 26.0 Å². The summed E-state index contributed by atoms with van der Waals surface area (Å²) in [5, 5.41) is 2.82. The molecule has 25 heavy (non-hydrogen) atoms. The molecule has 0 radical (unpaired) electrons.